The van der Waals surface area contributed by atoms with Crippen molar-refractivity contribution in [3.63, 3.8) is 0 Å². The Bertz CT molecular complexity index is 1490. The van der Waals surface area contributed by atoms with Gasteiger partial charge in [0.15, 0.2) is 11.5 Å². The molecule has 0 aromatic heterocycles. The Morgan fingerprint density at radius 2 is 1.88 bits per heavy atom. The Balaban J connectivity index is 0.000000681. The molecular formula is C35H39NO4. The Morgan fingerprint density at radius 3 is 2.55 bits per heavy atom. The van der Waals surface area contributed by atoms with Crippen molar-refractivity contribution < 1.29 is 19.3 Å². The molecule has 5 rings (SSSR count). The van der Waals surface area contributed by atoms with Gasteiger partial charge >= 0.3 is 0 Å². The van der Waals surface area contributed by atoms with Gasteiger partial charge < -0.3 is 24.6 Å². The van der Waals surface area contributed by atoms with E-state index < -0.39 is 0 Å². The maximum Gasteiger partial charge on any atom is 0.172 e. The van der Waals surface area contributed by atoms with Crippen LogP contribution in [0.15, 0.2) is 79.6 Å². The van der Waals surface area contributed by atoms with Crippen molar-refractivity contribution in [1.29, 1.82) is 0 Å². The quantitative estimate of drug-likeness (QED) is 0.242. The van der Waals surface area contributed by atoms with Crippen LogP contribution in [0.25, 0.3) is 28.5 Å². The van der Waals surface area contributed by atoms with E-state index in [4.69, 9.17) is 14.2 Å². The van der Waals surface area contributed by atoms with Gasteiger partial charge in [-0.1, -0.05) is 49.8 Å². The van der Waals surface area contributed by atoms with E-state index in [1.165, 1.54) is 6.42 Å². The molecule has 0 aliphatic carbocycles. The van der Waals surface area contributed by atoms with Gasteiger partial charge in [-0.05, 0) is 81.7 Å². The molecule has 0 saturated heterocycles. The molecule has 0 unspecified atom stereocenters. The second-order valence-electron chi connectivity index (χ2n) is 10.4. The third kappa shape index (κ3) is 5.94. The molecule has 2 aliphatic rings. The lowest BCUT2D eigenvalue weighted by Gasteiger charge is -2.35. The lowest BCUT2D eigenvalue weighted by Crippen LogP contribution is -2.32. The molecule has 5 nitrogen and oxygen atoms in total. The number of benzene rings is 3. The average molecular weight is 538 g/mol. The third-order valence-corrected chi connectivity index (χ3v) is 6.66. The van der Waals surface area contributed by atoms with E-state index in [-0.39, 0.29) is 11.3 Å². The van der Waals surface area contributed by atoms with Gasteiger partial charge in [0.25, 0.3) is 0 Å². The molecule has 2 aliphatic heterocycles. The summed E-state index contributed by atoms with van der Waals surface area (Å²) < 4.78 is 17.8. The molecule has 0 atom stereocenters. The van der Waals surface area contributed by atoms with Crippen molar-refractivity contribution in [3.8, 4) is 34.1 Å². The fourth-order valence-corrected chi connectivity index (χ4v) is 5.13. The molecule has 5 heteroatoms. The molecule has 3 aromatic carbocycles. The maximum absolute atomic E-state index is 10.5. The number of hydrogen-bond acceptors (Lipinski definition) is 5. The zero-order valence-electron chi connectivity index (χ0n) is 24.3. The number of unbranched alkanes of at least 4 members (excludes halogenated alkanes) is 1. The molecule has 208 valence electrons. The predicted molar refractivity (Wildman–Crippen MR) is 167 cm³/mol. The molecule has 0 amide bonds. The molecule has 40 heavy (non-hydrogen) atoms. The summed E-state index contributed by atoms with van der Waals surface area (Å²) in [6, 6.07) is 15.4. The van der Waals surface area contributed by atoms with Gasteiger partial charge in [-0.15, -0.1) is 6.58 Å². The largest absolute Gasteiger partial charge is 0.504 e. The van der Waals surface area contributed by atoms with Crippen molar-refractivity contribution in [1.82, 2.24) is 0 Å². The van der Waals surface area contributed by atoms with Crippen LogP contribution in [-0.4, -0.2) is 17.8 Å². The first-order chi connectivity index (χ1) is 19.2. The van der Waals surface area contributed by atoms with Crippen molar-refractivity contribution in [2.24, 2.45) is 0 Å². The fourth-order valence-electron chi connectivity index (χ4n) is 5.13. The number of phenols is 1. The summed E-state index contributed by atoms with van der Waals surface area (Å²) in [5, 5.41) is 14.1. The highest BCUT2D eigenvalue weighted by molar-refractivity contribution is 6.02. The summed E-state index contributed by atoms with van der Waals surface area (Å²) in [4.78, 5) is 0. The zero-order chi connectivity index (χ0) is 28.9. The van der Waals surface area contributed by atoms with Crippen molar-refractivity contribution in [2.75, 3.05) is 12.4 Å². The van der Waals surface area contributed by atoms with E-state index in [0.29, 0.717) is 11.5 Å². The normalized spacial score (nSPS) is 15.3. The Labute approximate surface area is 238 Å². The van der Waals surface area contributed by atoms with Crippen LogP contribution in [0.2, 0.25) is 0 Å². The van der Waals surface area contributed by atoms with Crippen LogP contribution >= 0.6 is 0 Å². The lowest BCUT2D eigenvalue weighted by atomic mass is 9.83. The standard InChI is InChI=1S/C30H29NO4.C5H10/c1-6-14-34-20-9-7-8-19(15-20)16-25-27-21(28-24(35-25)13-12-23(32)29(28)33-5)10-11-22-26(27)18(2)17-30(3,4)31-22;1-3-5-4-2/h6-17,31-32H,1-5H3;3H,1,4-5H2,2H3/b14-6+,25-16-;. The monoisotopic (exact) mass is 537 g/mol. The second-order valence-corrected chi connectivity index (χ2v) is 10.4. The minimum atomic E-state index is -0.170. The summed E-state index contributed by atoms with van der Waals surface area (Å²) in [7, 11) is 1.56. The van der Waals surface area contributed by atoms with Gasteiger partial charge in [0, 0.05) is 22.4 Å². The van der Waals surface area contributed by atoms with Crippen LogP contribution in [0.1, 0.15) is 64.2 Å². The number of methoxy groups -OCH3 is 1. The number of ether oxygens (including phenoxy) is 3. The number of aromatic hydroxyl groups is 1. The maximum atomic E-state index is 10.5. The lowest BCUT2D eigenvalue weighted by molar-refractivity contribution is 0.371. The highest BCUT2D eigenvalue weighted by Gasteiger charge is 2.33. The van der Waals surface area contributed by atoms with E-state index >= 15 is 0 Å². The van der Waals surface area contributed by atoms with Gasteiger partial charge in [-0.2, -0.15) is 0 Å². The number of hydrogen-bond donors (Lipinski definition) is 2. The van der Waals surface area contributed by atoms with E-state index in [0.717, 1.165) is 57.0 Å². The first-order valence-corrected chi connectivity index (χ1v) is 13.7. The minimum absolute atomic E-state index is 0.0753. The molecule has 3 aromatic rings. The van der Waals surface area contributed by atoms with Crippen LogP contribution in [0, 0.1) is 0 Å². The molecule has 0 spiro atoms. The Kier molecular flexibility index (Phi) is 8.73. The number of nitrogens with one attached hydrogen (secondary N) is 1. The summed E-state index contributed by atoms with van der Waals surface area (Å²) in [5.41, 5.74) is 6.69. The molecule has 0 bridgehead atoms. The Morgan fingerprint density at radius 1 is 1.07 bits per heavy atom. The van der Waals surface area contributed by atoms with Gasteiger partial charge in [0.2, 0.25) is 0 Å². The van der Waals surface area contributed by atoms with Crippen LogP contribution < -0.4 is 19.5 Å². The van der Waals surface area contributed by atoms with Gasteiger partial charge in [-0.25, -0.2) is 0 Å². The zero-order valence-corrected chi connectivity index (χ0v) is 24.3. The van der Waals surface area contributed by atoms with Crippen LogP contribution in [0.3, 0.4) is 0 Å². The van der Waals surface area contributed by atoms with E-state index in [1.807, 2.05) is 49.4 Å². The number of fused-ring (bicyclic) bond motifs is 5. The first-order valence-electron chi connectivity index (χ1n) is 13.7. The molecule has 2 heterocycles. The van der Waals surface area contributed by atoms with E-state index in [1.54, 1.807) is 25.5 Å². The summed E-state index contributed by atoms with van der Waals surface area (Å²) in [6.45, 7) is 14.0. The molecular weight excluding hydrogens is 498 g/mol. The third-order valence-electron chi connectivity index (χ3n) is 6.66. The molecule has 0 saturated carbocycles. The van der Waals surface area contributed by atoms with Crippen molar-refractivity contribution in [2.45, 2.75) is 53.0 Å². The summed E-state index contributed by atoms with van der Waals surface area (Å²) in [6.07, 6.45) is 12.1. The van der Waals surface area contributed by atoms with E-state index in [9.17, 15) is 5.11 Å². The molecule has 2 N–H and O–H groups in total. The van der Waals surface area contributed by atoms with Crippen molar-refractivity contribution in [3.05, 3.63) is 96.3 Å². The Hall–Kier alpha value is -4.38. The minimum Gasteiger partial charge on any atom is -0.504 e. The number of anilines is 1. The SMILES string of the molecule is C/C=C/Oc1cccc(/C=C2\Oc3ccc(O)c(OC)c3-c3ccc4c(c32)C(C)=CC(C)(C)N4)c1.C=CCCC. The molecule has 0 fully saturated rings. The fraction of sp³-hybridized carbons (Fsp3) is 0.257. The highest BCUT2D eigenvalue weighted by atomic mass is 16.5. The van der Waals surface area contributed by atoms with Gasteiger partial charge in [0.1, 0.15) is 17.3 Å². The summed E-state index contributed by atoms with van der Waals surface area (Å²) in [5.74, 6) is 2.57. The van der Waals surface area contributed by atoms with Crippen LogP contribution in [-0.2, 0) is 0 Å². The van der Waals surface area contributed by atoms with Crippen LogP contribution in [0.5, 0.6) is 23.0 Å². The van der Waals surface area contributed by atoms with Gasteiger partial charge in [-0.3, -0.25) is 0 Å². The van der Waals surface area contributed by atoms with Crippen LogP contribution in [0.4, 0.5) is 5.69 Å². The van der Waals surface area contributed by atoms with Crippen molar-refractivity contribution >= 4 is 23.1 Å². The highest BCUT2D eigenvalue weighted by Crippen LogP contribution is 2.54. The smallest absolute Gasteiger partial charge is 0.172 e. The van der Waals surface area contributed by atoms with E-state index in [2.05, 4.69) is 57.8 Å². The van der Waals surface area contributed by atoms with Gasteiger partial charge in [0.05, 0.1) is 24.5 Å². The number of allylic oxidation sites excluding steroid dienone is 3. The molecule has 0 radical (unpaired) electrons. The predicted octanol–water partition coefficient (Wildman–Crippen LogP) is 9.45. The second kappa shape index (κ2) is 12.2. The number of phenolic OH excluding ortho intramolecular Hbond substituents is 1. The first kappa shape index (κ1) is 28.6. The topological polar surface area (TPSA) is 60.0 Å². The average Bonchev–Trinajstić information content (AvgIpc) is 2.92. The summed E-state index contributed by atoms with van der Waals surface area (Å²) >= 11 is 0. The number of rotatable bonds is 6.